The van der Waals surface area contributed by atoms with E-state index < -0.39 is 29.0 Å². The van der Waals surface area contributed by atoms with E-state index >= 15 is 0 Å². The fourth-order valence-corrected chi connectivity index (χ4v) is 2.71. The molecular weight excluding hydrogens is 340 g/mol. The summed E-state index contributed by atoms with van der Waals surface area (Å²) in [6.45, 7) is 5.24. The smallest absolute Gasteiger partial charge is 0.322 e. The van der Waals surface area contributed by atoms with Gasteiger partial charge in [0.2, 0.25) is 0 Å². The zero-order valence-electron chi connectivity index (χ0n) is 14.8. The first-order valence-electron chi connectivity index (χ1n) is 8.05. The molecule has 1 fully saturated rings. The van der Waals surface area contributed by atoms with Crippen LogP contribution in [0.5, 0.6) is 5.75 Å². The predicted octanol–water partition coefficient (Wildman–Crippen LogP) is 3.78. The first kappa shape index (κ1) is 19.4. The monoisotopic (exact) mass is 360 g/mol. The summed E-state index contributed by atoms with van der Waals surface area (Å²) in [7, 11) is 0. The van der Waals surface area contributed by atoms with Crippen molar-refractivity contribution >= 4 is 5.97 Å². The van der Waals surface area contributed by atoms with Crippen molar-refractivity contribution < 1.29 is 19.2 Å². The number of ether oxygens (including phenoxy) is 2. The van der Waals surface area contributed by atoms with Gasteiger partial charge in [-0.05, 0) is 44.9 Å². The van der Waals surface area contributed by atoms with E-state index in [1.165, 1.54) is 0 Å². The highest BCUT2D eigenvalue weighted by Crippen LogP contribution is 2.41. The Kier molecular flexibility index (Phi) is 5.97. The lowest BCUT2D eigenvalue weighted by molar-refractivity contribution is -0.428. The highest BCUT2D eigenvalue weighted by Gasteiger charge is 2.52. The molecule has 0 radical (unpaired) electrons. The normalized spacial score (nSPS) is 19.6. The second-order valence-corrected chi connectivity index (χ2v) is 6.57. The van der Waals surface area contributed by atoms with Gasteiger partial charge in [0, 0.05) is 10.5 Å². The summed E-state index contributed by atoms with van der Waals surface area (Å²) in [4.78, 5) is 25.6. The minimum Gasteiger partial charge on any atom is -0.426 e. The molecule has 2 rings (SSSR count). The first-order valence-corrected chi connectivity index (χ1v) is 8.05. The maximum atomic E-state index is 12.0. The fraction of sp³-hybridized carbons (Fsp3) is 0.471. The molecule has 1 aromatic rings. The second kappa shape index (κ2) is 7.99. The Labute approximate surface area is 150 Å². The Morgan fingerprint density at radius 1 is 1.46 bits per heavy atom. The Morgan fingerprint density at radius 3 is 2.58 bits per heavy atom. The standard InChI is InChI=1S/C17H20N4O5/c1-11(9-13(19-20-18)16-17(2,3)26-16)14(21(23)24)10-15(22)25-12-7-5-4-6-8-12/h4-8,13,16H,9-10H2,1-3H3/b14-11-. The number of epoxide rings is 1. The number of hydrogen-bond donors (Lipinski definition) is 0. The van der Waals surface area contributed by atoms with E-state index in [0.717, 1.165) is 0 Å². The summed E-state index contributed by atoms with van der Waals surface area (Å²) in [5, 5.41) is 15.1. The average molecular weight is 360 g/mol. The van der Waals surface area contributed by atoms with Crippen LogP contribution in [0.4, 0.5) is 0 Å². The van der Waals surface area contributed by atoms with E-state index in [1.54, 1.807) is 37.3 Å². The van der Waals surface area contributed by atoms with Crippen molar-refractivity contribution in [3.63, 3.8) is 0 Å². The number of nitrogens with zero attached hydrogens (tertiary/aromatic N) is 4. The summed E-state index contributed by atoms with van der Waals surface area (Å²) in [5.74, 6) is -0.413. The number of nitro groups is 1. The van der Waals surface area contributed by atoms with Gasteiger partial charge in [-0.25, -0.2) is 0 Å². The Bertz CT molecular complexity index is 769. The molecule has 26 heavy (non-hydrogen) atoms. The molecule has 1 aliphatic heterocycles. The molecule has 9 nitrogen and oxygen atoms in total. The van der Waals surface area contributed by atoms with Gasteiger partial charge in [-0.15, -0.1) is 0 Å². The Morgan fingerprint density at radius 2 is 2.08 bits per heavy atom. The van der Waals surface area contributed by atoms with Crippen LogP contribution in [0.25, 0.3) is 10.4 Å². The highest BCUT2D eigenvalue weighted by molar-refractivity contribution is 5.74. The number of esters is 1. The molecule has 138 valence electrons. The summed E-state index contributed by atoms with van der Waals surface area (Å²) in [6, 6.07) is 7.76. The quantitative estimate of drug-likeness (QED) is 0.102. The van der Waals surface area contributed by atoms with Crippen molar-refractivity contribution in [2.24, 2.45) is 5.11 Å². The first-order chi connectivity index (χ1) is 12.2. The lowest BCUT2D eigenvalue weighted by atomic mass is 9.97. The lowest BCUT2D eigenvalue weighted by Gasteiger charge is -2.11. The fourth-order valence-electron chi connectivity index (χ4n) is 2.71. The van der Waals surface area contributed by atoms with Gasteiger partial charge < -0.3 is 9.47 Å². The van der Waals surface area contributed by atoms with E-state index in [0.29, 0.717) is 11.3 Å². The maximum absolute atomic E-state index is 12.0. The summed E-state index contributed by atoms with van der Waals surface area (Å²) in [5.41, 5.74) is 8.39. The molecule has 0 aliphatic carbocycles. The topological polar surface area (TPSA) is 131 Å². The van der Waals surface area contributed by atoms with Gasteiger partial charge >= 0.3 is 5.97 Å². The van der Waals surface area contributed by atoms with Crippen LogP contribution >= 0.6 is 0 Å². The largest absolute Gasteiger partial charge is 0.426 e. The van der Waals surface area contributed by atoms with Gasteiger partial charge in [-0.3, -0.25) is 14.9 Å². The summed E-state index contributed by atoms with van der Waals surface area (Å²) in [6.07, 6.45) is -0.656. The average Bonchev–Trinajstić information content (AvgIpc) is 3.21. The van der Waals surface area contributed by atoms with E-state index in [4.69, 9.17) is 15.0 Å². The van der Waals surface area contributed by atoms with Crippen molar-refractivity contribution in [3.8, 4) is 5.75 Å². The third-order valence-corrected chi connectivity index (χ3v) is 4.12. The number of para-hydroxylation sites is 1. The summed E-state index contributed by atoms with van der Waals surface area (Å²) >= 11 is 0. The molecule has 1 aliphatic rings. The Balaban J connectivity index is 2.11. The minimum atomic E-state index is -0.731. The predicted molar refractivity (Wildman–Crippen MR) is 92.9 cm³/mol. The number of rotatable bonds is 8. The van der Waals surface area contributed by atoms with Crippen LogP contribution in [-0.4, -0.2) is 28.6 Å². The number of azide groups is 1. The minimum absolute atomic E-state index is 0.132. The SMILES string of the molecule is C/C(CC(N=[N+]=[N-])C1OC1(C)C)=C(\CC(=O)Oc1ccccc1)[N+](=O)[O-]. The number of carbonyl (C=O) groups is 1. The van der Waals surface area contributed by atoms with Gasteiger partial charge in [0.1, 0.15) is 12.2 Å². The molecule has 0 bridgehead atoms. The third kappa shape index (κ3) is 5.05. The molecule has 1 saturated heterocycles. The molecule has 0 aromatic heterocycles. The van der Waals surface area contributed by atoms with Crippen LogP contribution in [0.15, 0.2) is 46.7 Å². The van der Waals surface area contributed by atoms with Gasteiger partial charge in [0.05, 0.1) is 22.7 Å². The molecule has 0 spiro atoms. The van der Waals surface area contributed by atoms with E-state index in [2.05, 4.69) is 10.0 Å². The van der Waals surface area contributed by atoms with Gasteiger partial charge in [0.25, 0.3) is 5.70 Å². The number of carbonyl (C=O) groups excluding carboxylic acids is 1. The molecule has 0 amide bonds. The molecule has 9 heteroatoms. The van der Waals surface area contributed by atoms with E-state index in [-0.39, 0.29) is 18.2 Å². The van der Waals surface area contributed by atoms with Crippen LogP contribution in [0.1, 0.15) is 33.6 Å². The van der Waals surface area contributed by atoms with Crippen LogP contribution < -0.4 is 4.74 Å². The van der Waals surface area contributed by atoms with Crippen LogP contribution in [-0.2, 0) is 9.53 Å². The molecular formula is C17H20N4O5. The van der Waals surface area contributed by atoms with Crippen LogP contribution in [0.3, 0.4) is 0 Å². The Hall–Kier alpha value is -2.90. The highest BCUT2D eigenvalue weighted by atomic mass is 16.6. The van der Waals surface area contributed by atoms with Crippen molar-refractivity contribution in [2.75, 3.05) is 0 Å². The van der Waals surface area contributed by atoms with Crippen LogP contribution in [0.2, 0.25) is 0 Å². The molecule has 2 atom stereocenters. The lowest BCUT2D eigenvalue weighted by Crippen LogP contribution is -2.20. The van der Waals surface area contributed by atoms with Crippen molar-refractivity contribution in [3.05, 3.63) is 62.2 Å². The second-order valence-electron chi connectivity index (χ2n) is 6.57. The third-order valence-electron chi connectivity index (χ3n) is 4.12. The van der Waals surface area contributed by atoms with Crippen molar-refractivity contribution in [1.29, 1.82) is 0 Å². The van der Waals surface area contributed by atoms with Gasteiger partial charge in [-0.1, -0.05) is 23.3 Å². The zero-order chi connectivity index (χ0) is 19.3. The molecule has 1 aromatic carbocycles. The van der Waals surface area contributed by atoms with Crippen molar-refractivity contribution in [1.82, 2.24) is 0 Å². The van der Waals surface area contributed by atoms with E-state index in [9.17, 15) is 14.9 Å². The molecule has 1 heterocycles. The number of hydrogen-bond acceptors (Lipinski definition) is 6. The summed E-state index contributed by atoms with van der Waals surface area (Å²) < 4.78 is 10.6. The molecule has 0 N–H and O–H groups in total. The van der Waals surface area contributed by atoms with E-state index in [1.807, 2.05) is 13.8 Å². The maximum Gasteiger partial charge on any atom is 0.322 e. The zero-order valence-corrected chi connectivity index (χ0v) is 14.8. The number of benzene rings is 1. The van der Waals surface area contributed by atoms with Gasteiger partial charge in [-0.2, -0.15) is 0 Å². The van der Waals surface area contributed by atoms with Gasteiger partial charge in [0.15, 0.2) is 0 Å². The van der Waals surface area contributed by atoms with Crippen LogP contribution in [0, 0.1) is 10.1 Å². The molecule has 2 unspecified atom stereocenters. The molecule has 0 saturated carbocycles. The van der Waals surface area contributed by atoms with Crippen molar-refractivity contribution in [2.45, 2.75) is 51.4 Å².